The molecule has 0 saturated heterocycles. The second-order valence-corrected chi connectivity index (χ2v) is 4.01. The fourth-order valence-electron chi connectivity index (χ4n) is 2.25. The highest BCUT2D eigenvalue weighted by atomic mass is 14.4. The monoisotopic (exact) mass is 175 g/mol. The summed E-state index contributed by atoms with van der Waals surface area (Å²) in [5, 5.41) is 8.44. The molecule has 0 aliphatic heterocycles. The zero-order valence-corrected chi connectivity index (χ0v) is 8.40. The molecule has 0 aromatic carbocycles. The van der Waals surface area contributed by atoms with Crippen molar-refractivity contribution in [3.8, 4) is 6.07 Å². The summed E-state index contributed by atoms with van der Waals surface area (Å²) in [6.45, 7) is 8.39. The van der Waals surface area contributed by atoms with Crippen molar-refractivity contribution in [1.82, 2.24) is 0 Å². The topological polar surface area (TPSA) is 23.8 Å². The minimum atomic E-state index is 0.567. The molecule has 0 aromatic heterocycles. The summed E-state index contributed by atoms with van der Waals surface area (Å²) in [7, 11) is 0. The van der Waals surface area contributed by atoms with Gasteiger partial charge in [-0.15, -0.1) is 6.58 Å². The molecule has 4 unspecified atom stereocenters. The van der Waals surface area contributed by atoms with Gasteiger partial charge in [0.25, 0.3) is 0 Å². The SMILES string of the molecule is C=CC1CC(/C=C/C#N)C(C)C1C. The maximum Gasteiger partial charge on any atom is 0.0908 e. The van der Waals surface area contributed by atoms with Gasteiger partial charge in [-0.3, -0.25) is 0 Å². The van der Waals surface area contributed by atoms with Gasteiger partial charge >= 0.3 is 0 Å². The average Bonchev–Trinajstić information content (AvgIpc) is 2.41. The predicted molar refractivity (Wildman–Crippen MR) is 54.9 cm³/mol. The van der Waals surface area contributed by atoms with Gasteiger partial charge in [0.2, 0.25) is 0 Å². The van der Waals surface area contributed by atoms with Gasteiger partial charge < -0.3 is 0 Å². The minimum Gasteiger partial charge on any atom is -0.193 e. The third-order valence-corrected chi connectivity index (χ3v) is 3.45. The van der Waals surface area contributed by atoms with Crippen molar-refractivity contribution in [3.05, 3.63) is 24.8 Å². The molecule has 1 saturated carbocycles. The van der Waals surface area contributed by atoms with E-state index in [-0.39, 0.29) is 0 Å². The third kappa shape index (κ3) is 2.01. The summed E-state index contributed by atoms with van der Waals surface area (Å²) >= 11 is 0. The van der Waals surface area contributed by atoms with Crippen molar-refractivity contribution in [2.24, 2.45) is 23.7 Å². The Morgan fingerprint density at radius 2 is 1.92 bits per heavy atom. The van der Waals surface area contributed by atoms with Gasteiger partial charge in [0.15, 0.2) is 0 Å². The van der Waals surface area contributed by atoms with E-state index in [2.05, 4.69) is 32.6 Å². The van der Waals surface area contributed by atoms with E-state index in [0.29, 0.717) is 23.7 Å². The van der Waals surface area contributed by atoms with Crippen LogP contribution in [0.4, 0.5) is 0 Å². The average molecular weight is 175 g/mol. The Kier molecular flexibility index (Phi) is 3.31. The van der Waals surface area contributed by atoms with Crippen molar-refractivity contribution in [1.29, 1.82) is 5.26 Å². The Morgan fingerprint density at radius 3 is 2.38 bits per heavy atom. The van der Waals surface area contributed by atoms with E-state index in [1.165, 1.54) is 0 Å². The molecule has 0 amide bonds. The van der Waals surface area contributed by atoms with Gasteiger partial charge in [-0.25, -0.2) is 0 Å². The number of hydrogen-bond acceptors (Lipinski definition) is 1. The Hall–Kier alpha value is -1.03. The standard InChI is InChI=1S/C12H17N/c1-4-11-8-12(6-5-7-13)10(3)9(11)2/h4-6,9-12H,1,8H2,2-3H3/b6-5+. The smallest absolute Gasteiger partial charge is 0.0908 e. The van der Waals surface area contributed by atoms with Crippen LogP contribution < -0.4 is 0 Å². The first kappa shape index (κ1) is 10.1. The lowest BCUT2D eigenvalue weighted by Gasteiger charge is -2.15. The molecule has 1 aliphatic rings. The molecule has 13 heavy (non-hydrogen) atoms. The van der Waals surface area contributed by atoms with Crippen LogP contribution in [0.15, 0.2) is 24.8 Å². The first-order valence-electron chi connectivity index (χ1n) is 4.89. The fourth-order valence-corrected chi connectivity index (χ4v) is 2.25. The number of nitrogens with zero attached hydrogens (tertiary/aromatic N) is 1. The first-order valence-corrected chi connectivity index (χ1v) is 4.89. The van der Waals surface area contributed by atoms with E-state index in [4.69, 9.17) is 5.26 Å². The summed E-state index contributed by atoms with van der Waals surface area (Å²) in [5.41, 5.74) is 0. The summed E-state index contributed by atoms with van der Waals surface area (Å²) in [6, 6.07) is 2.06. The molecule has 0 N–H and O–H groups in total. The van der Waals surface area contributed by atoms with E-state index >= 15 is 0 Å². The van der Waals surface area contributed by atoms with E-state index in [9.17, 15) is 0 Å². The van der Waals surface area contributed by atoms with Gasteiger partial charge in [-0.05, 0) is 30.1 Å². The summed E-state index contributed by atoms with van der Waals surface area (Å²) in [5.74, 6) is 2.57. The van der Waals surface area contributed by atoms with Crippen LogP contribution in [0.5, 0.6) is 0 Å². The second kappa shape index (κ2) is 4.28. The van der Waals surface area contributed by atoms with Crippen molar-refractivity contribution in [3.63, 3.8) is 0 Å². The molecule has 1 rings (SSSR count). The van der Waals surface area contributed by atoms with Crippen LogP contribution in [0.3, 0.4) is 0 Å². The van der Waals surface area contributed by atoms with E-state index in [1.807, 2.05) is 6.08 Å². The highest BCUT2D eigenvalue weighted by Gasteiger charge is 2.34. The van der Waals surface area contributed by atoms with Gasteiger partial charge in [0.1, 0.15) is 0 Å². The molecule has 0 aromatic rings. The maximum atomic E-state index is 8.44. The number of allylic oxidation sites excluding steroid dienone is 3. The van der Waals surface area contributed by atoms with Crippen molar-refractivity contribution >= 4 is 0 Å². The Morgan fingerprint density at radius 1 is 1.31 bits per heavy atom. The molecular weight excluding hydrogens is 158 g/mol. The quantitative estimate of drug-likeness (QED) is 0.467. The van der Waals surface area contributed by atoms with Crippen LogP contribution in [0, 0.1) is 35.0 Å². The molecule has 70 valence electrons. The van der Waals surface area contributed by atoms with Crippen LogP contribution in [-0.4, -0.2) is 0 Å². The van der Waals surface area contributed by atoms with E-state index in [0.717, 1.165) is 6.42 Å². The Labute approximate surface area is 80.8 Å². The predicted octanol–water partition coefficient (Wildman–Crippen LogP) is 3.16. The number of hydrogen-bond donors (Lipinski definition) is 0. The molecule has 4 atom stereocenters. The van der Waals surface area contributed by atoms with Crippen LogP contribution in [0.2, 0.25) is 0 Å². The van der Waals surface area contributed by atoms with Crippen LogP contribution in [0.25, 0.3) is 0 Å². The van der Waals surface area contributed by atoms with Crippen LogP contribution >= 0.6 is 0 Å². The first-order chi connectivity index (χ1) is 6.20. The van der Waals surface area contributed by atoms with Crippen molar-refractivity contribution < 1.29 is 0 Å². The maximum absolute atomic E-state index is 8.44. The highest BCUT2D eigenvalue weighted by molar-refractivity contribution is 5.08. The third-order valence-electron chi connectivity index (χ3n) is 3.45. The molecule has 0 spiro atoms. The lowest BCUT2D eigenvalue weighted by Crippen LogP contribution is -2.08. The van der Waals surface area contributed by atoms with Crippen LogP contribution in [0.1, 0.15) is 20.3 Å². The number of rotatable bonds is 2. The normalized spacial score (nSPS) is 39.2. The molecule has 0 heterocycles. The van der Waals surface area contributed by atoms with Crippen molar-refractivity contribution in [2.45, 2.75) is 20.3 Å². The van der Waals surface area contributed by atoms with Crippen molar-refractivity contribution in [2.75, 3.05) is 0 Å². The van der Waals surface area contributed by atoms with E-state index < -0.39 is 0 Å². The summed E-state index contributed by atoms with van der Waals surface area (Å²) < 4.78 is 0. The Balaban J connectivity index is 2.66. The van der Waals surface area contributed by atoms with Gasteiger partial charge in [-0.1, -0.05) is 26.0 Å². The molecule has 1 heteroatoms. The molecule has 1 fully saturated rings. The largest absolute Gasteiger partial charge is 0.193 e. The van der Waals surface area contributed by atoms with Gasteiger partial charge in [-0.2, -0.15) is 5.26 Å². The number of nitriles is 1. The lowest BCUT2D eigenvalue weighted by atomic mass is 9.90. The second-order valence-electron chi connectivity index (χ2n) is 4.01. The molecule has 1 aliphatic carbocycles. The Bertz CT molecular complexity index is 246. The molecular formula is C12H17N. The molecule has 0 radical (unpaired) electrons. The van der Waals surface area contributed by atoms with Crippen LogP contribution in [-0.2, 0) is 0 Å². The lowest BCUT2D eigenvalue weighted by molar-refractivity contribution is 0.381. The highest BCUT2D eigenvalue weighted by Crippen LogP contribution is 2.42. The minimum absolute atomic E-state index is 0.567. The zero-order chi connectivity index (χ0) is 9.84. The molecule has 0 bridgehead atoms. The van der Waals surface area contributed by atoms with Gasteiger partial charge in [0, 0.05) is 6.08 Å². The zero-order valence-electron chi connectivity index (χ0n) is 8.40. The van der Waals surface area contributed by atoms with Gasteiger partial charge in [0.05, 0.1) is 6.07 Å². The summed E-state index contributed by atoms with van der Waals surface area (Å²) in [4.78, 5) is 0. The molecule has 1 nitrogen and oxygen atoms in total. The summed E-state index contributed by atoms with van der Waals surface area (Å²) in [6.07, 6.45) is 6.87. The fraction of sp³-hybridized carbons (Fsp3) is 0.583. The van der Waals surface area contributed by atoms with E-state index in [1.54, 1.807) is 6.08 Å².